The van der Waals surface area contributed by atoms with Gasteiger partial charge in [-0.2, -0.15) is 0 Å². The minimum atomic E-state index is -0.153. The third kappa shape index (κ3) is 2.59. The molecule has 13 heavy (non-hydrogen) atoms. The van der Waals surface area contributed by atoms with E-state index in [0.29, 0.717) is 12.5 Å². The van der Waals surface area contributed by atoms with Crippen molar-refractivity contribution in [3.05, 3.63) is 0 Å². The topological polar surface area (TPSA) is 29.5 Å². The van der Waals surface area contributed by atoms with Crippen molar-refractivity contribution in [2.75, 3.05) is 18.5 Å². The number of hydrogen-bond donors (Lipinski definition) is 0. The minimum Gasteiger partial charge on any atom is -0.447 e. The van der Waals surface area contributed by atoms with Crippen molar-refractivity contribution < 1.29 is 9.53 Å². The van der Waals surface area contributed by atoms with Crippen molar-refractivity contribution in [3.8, 4) is 0 Å². The van der Waals surface area contributed by atoms with Crippen LogP contribution in [0.5, 0.6) is 0 Å². The van der Waals surface area contributed by atoms with Gasteiger partial charge in [-0.3, -0.25) is 0 Å². The van der Waals surface area contributed by atoms with Crippen molar-refractivity contribution in [3.63, 3.8) is 0 Å². The molecule has 1 aliphatic heterocycles. The van der Waals surface area contributed by atoms with Gasteiger partial charge in [0.1, 0.15) is 6.61 Å². The number of cyclic esters (lactones) is 1. The van der Waals surface area contributed by atoms with Crippen LogP contribution in [-0.4, -0.2) is 35.5 Å². The standard InChI is InChI=1S/C9H16BrNO2/c1-7(2)8-6-13-9(12)11(8)5-3-4-10/h7-8H,3-6H2,1-2H3/t8-/m0/s1. The fraction of sp³-hybridized carbons (Fsp3) is 0.889. The van der Waals surface area contributed by atoms with E-state index >= 15 is 0 Å². The van der Waals surface area contributed by atoms with E-state index in [1.54, 1.807) is 0 Å². The Labute approximate surface area is 87.6 Å². The maximum atomic E-state index is 11.3. The maximum Gasteiger partial charge on any atom is 0.410 e. The Kier molecular flexibility index (Phi) is 4.03. The molecular formula is C9H16BrNO2. The monoisotopic (exact) mass is 249 g/mol. The lowest BCUT2D eigenvalue weighted by molar-refractivity contribution is 0.157. The van der Waals surface area contributed by atoms with Crippen LogP contribution in [0.15, 0.2) is 0 Å². The summed E-state index contributed by atoms with van der Waals surface area (Å²) in [6, 6.07) is 0.270. The predicted molar refractivity (Wildman–Crippen MR) is 55.1 cm³/mol. The van der Waals surface area contributed by atoms with E-state index in [0.717, 1.165) is 18.3 Å². The Hall–Kier alpha value is -0.250. The van der Waals surface area contributed by atoms with Gasteiger partial charge in [-0.05, 0) is 12.3 Å². The average molecular weight is 250 g/mol. The van der Waals surface area contributed by atoms with Crippen LogP contribution < -0.4 is 0 Å². The van der Waals surface area contributed by atoms with Crippen LogP contribution in [0.3, 0.4) is 0 Å². The molecule has 1 fully saturated rings. The van der Waals surface area contributed by atoms with E-state index in [4.69, 9.17) is 4.74 Å². The number of amides is 1. The highest BCUT2D eigenvalue weighted by Crippen LogP contribution is 2.19. The second-order valence-electron chi connectivity index (χ2n) is 3.62. The lowest BCUT2D eigenvalue weighted by atomic mass is 10.0. The van der Waals surface area contributed by atoms with Gasteiger partial charge in [0.25, 0.3) is 0 Å². The molecule has 1 amide bonds. The summed E-state index contributed by atoms with van der Waals surface area (Å²) >= 11 is 3.35. The fourth-order valence-corrected chi connectivity index (χ4v) is 1.76. The van der Waals surface area contributed by atoms with Crippen molar-refractivity contribution in [2.45, 2.75) is 26.3 Å². The van der Waals surface area contributed by atoms with Crippen molar-refractivity contribution >= 4 is 22.0 Å². The Bertz CT molecular complexity index is 184. The molecule has 1 saturated heterocycles. The predicted octanol–water partition coefficient (Wildman–Crippen LogP) is 2.25. The van der Waals surface area contributed by atoms with Gasteiger partial charge in [-0.25, -0.2) is 4.79 Å². The molecule has 0 aliphatic carbocycles. The molecule has 3 nitrogen and oxygen atoms in total. The number of ether oxygens (including phenoxy) is 1. The van der Waals surface area contributed by atoms with E-state index in [-0.39, 0.29) is 12.1 Å². The minimum absolute atomic E-state index is 0.153. The van der Waals surface area contributed by atoms with E-state index in [1.807, 2.05) is 4.90 Å². The molecule has 0 aromatic rings. The molecule has 0 spiro atoms. The van der Waals surface area contributed by atoms with Gasteiger partial charge in [-0.1, -0.05) is 29.8 Å². The molecule has 0 radical (unpaired) electrons. The summed E-state index contributed by atoms with van der Waals surface area (Å²) in [6.45, 7) is 5.59. The maximum absolute atomic E-state index is 11.3. The van der Waals surface area contributed by atoms with Gasteiger partial charge in [0.15, 0.2) is 0 Å². The number of carbonyl (C=O) groups excluding carboxylic acids is 1. The number of hydrogen-bond acceptors (Lipinski definition) is 2. The summed E-state index contributed by atoms with van der Waals surface area (Å²) in [5.41, 5.74) is 0. The highest BCUT2D eigenvalue weighted by molar-refractivity contribution is 9.09. The van der Waals surface area contributed by atoms with Crippen molar-refractivity contribution in [1.29, 1.82) is 0 Å². The number of halogens is 1. The Balaban J connectivity index is 2.50. The van der Waals surface area contributed by atoms with Gasteiger partial charge in [0, 0.05) is 11.9 Å². The second kappa shape index (κ2) is 4.84. The van der Waals surface area contributed by atoms with Crippen LogP contribution in [0.4, 0.5) is 4.79 Å². The normalized spacial score (nSPS) is 22.6. The highest BCUT2D eigenvalue weighted by Gasteiger charge is 2.33. The zero-order valence-electron chi connectivity index (χ0n) is 8.12. The summed E-state index contributed by atoms with van der Waals surface area (Å²) in [5.74, 6) is 0.474. The third-order valence-electron chi connectivity index (χ3n) is 2.31. The van der Waals surface area contributed by atoms with Gasteiger partial charge in [0.05, 0.1) is 6.04 Å². The van der Waals surface area contributed by atoms with Gasteiger partial charge >= 0.3 is 6.09 Å². The number of nitrogens with zero attached hydrogens (tertiary/aromatic N) is 1. The zero-order valence-corrected chi connectivity index (χ0v) is 9.71. The van der Waals surface area contributed by atoms with Crippen LogP contribution in [0.1, 0.15) is 20.3 Å². The molecule has 1 aliphatic rings. The van der Waals surface area contributed by atoms with E-state index in [2.05, 4.69) is 29.8 Å². The fourth-order valence-electron chi connectivity index (χ4n) is 1.50. The van der Waals surface area contributed by atoms with E-state index < -0.39 is 0 Å². The van der Waals surface area contributed by atoms with Gasteiger partial charge < -0.3 is 9.64 Å². The summed E-state index contributed by atoms with van der Waals surface area (Å²) in [6.07, 6.45) is 0.831. The largest absolute Gasteiger partial charge is 0.447 e. The first-order valence-corrected chi connectivity index (χ1v) is 5.78. The van der Waals surface area contributed by atoms with Crippen LogP contribution in [0.2, 0.25) is 0 Å². The second-order valence-corrected chi connectivity index (χ2v) is 4.42. The highest BCUT2D eigenvalue weighted by atomic mass is 79.9. The van der Waals surface area contributed by atoms with Crippen LogP contribution in [0.25, 0.3) is 0 Å². The first-order valence-electron chi connectivity index (χ1n) is 4.66. The molecule has 0 aromatic carbocycles. The molecule has 0 bridgehead atoms. The van der Waals surface area contributed by atoms with Crippen molar-refractivity contribution in [2.24, 2.45) is 5.92 Å². The Morgan fingerprint density at radius 1 is 1.69 bits per heavy atom. The molecule has 0 aromatic heterocycles. The molecule has 76 valence electrons. The van der Waals surface area contributed by atoms with Gasteiger partial charge in [-0.15, -0.1) is 0 Å². The molecule has 1 rings (SSSR count). The van der Waals surface area contributed by atoms with Crippen LogP contribution in [-0.2, 0) is 4.74 Å². The Morgan fingerprint density at radius 3 is 2.92 bits per heavy atom. The molecular weight excluding hydrogens is 234 g/mol. The van der Waals surface area contributed by atoms with Crippen molar-refractivity contribution in [1.82, 2.24) is 4.90 Å². The van der Waals surface area contributed by atoms with E-state index in [9.17, 15) is 4.79 Å². The zero-order chi connectivity index (χ0) is 9.84. The molecule has 1 atom stereocenters. The quantitative estimate of drug-likeness (QED) is 0.716. The molecule has 0 N–H and O–H groups in total. The van der Waals surface area contributed by atoms with Crippen LogP contribution >= 0.6 is 15.9 Å². The molecule has 4 heteroatoms. The number of carbonyl (C=O) groups is 1. The molecule has 0 saturated carbocycles. The summed E-state index contributed by atoms with van der Waals surface area (Å²) in [5, 5.41) is 0.932. The van der Waals surface area contributed by atoms with Gasteiger partial charge in [0.2, 0.25) is 0 Å². The number of rotatable bonds is 4. The SMILES string of the molecule is CC(C)[C@@H]1COC(=O)N1CCCBr. The lowest BCUT2D eigenvalue weighted by Gasteiger charge is -2.23. The summed E-state index contributed by atoms with van der Waals surface area (Å²) < 4.78 is 5.01. The lowest BCUT2D eigenvalue weighted by Crippen LogP contribution is -2.37. The summed E-state index contributed by atoms with van der Waals surface area (Å²) in [7, 11) is 0. The number of alkyl halides is 1. The first kappa shape index (κ1) is 10.8. The molecule has 1 heterocycles. The smallest absolute Gasteiger partial charge is 0.410 e. The first-order chi connectivity index (χ1) is 6.16. The summed E-state index contributed by atoms with van der Waals surface area (Å²) in [4.78, 5) is 13.1. The molecule has 0 unspecified atom stereocenters. The average Bonchev–Trinajstić information content (AvgIpc) is 2.43. The van der Waals surface area contributed by atoms with E-state index in [1.165, 1.54) is 0 Å². The third-order valence-corrected chi connectivity index (χ3v) is 2.88. The van der Waals surface area contributed by atoms with Crippen LogP contribution in [0, 0.1) is 5.92 Å². The Morgan fingerprint density at radius 2 is 2.38 bits per heavy atom.